The van der Waals surface area contributed by atoms with Crippen LogP contribution >= 0.6 is 0 Å². The number of carboxylic acid groups (broad SMARTS) is 1. The molecule has 0 unspecified atom stereocenters. The summed E-state index contributed by atoms with van der Waals surface area (Å²) in [6.07, 6.45) is 2.93. The van der Waals surface area contributed by atoms with Gasteiger partial charge in [-0.1, -0.05) is 33.8 Å². The van der Waals surface area contributed by atoms with E-state index in [9.17, 15) is 14.7 Å². The number of nitrogens with one attached hydrogen (secondary N) is 1. The van der Waals surface area contributed by atoms with E-state index in [0.717, 1.165) is 11.3 Å². The number of anilines is 1. The Bertz CT molecular complexity index is 885. The van der Waals surface area contributed by atoms with Crippen LogP contribution < -0.4 is 5.32 Å². The molecule has 2 amide bonds. The third-order valence-corrected chi connectivity index (χ3v) is 6.24. The lowest BCUT2D eigenvalue weighted by atomic mass is 9.63. The first-order valence-corrected chi connectivity index (χ1v) is 10.1. The van der Waals surface area contributed by atoms with Crippen LogP contribution in [-0.2, 0) is 11.8 Å². The highest BCUT2D eigenvalue weighted by atomic mass is 16.4. The molecule has 29 heavy (non-hydrogen) atoms. The molecule has 2 heterocycles. The molecule has 0 saturated heterocycles. The van der Waals surface area contributed by atoms with Gasteiger partial charge < -0.3 is 15.3 Å². The zero-order chi connectivity index (χ0) is 21.2. The molecule has 0 radical (unpaired) electrons. The molecule has 6 heteroatoms. The highest BCUT2D eigenvalue weighted by molar-refractivity contribution is 6.04. The number of benzene rings is 1. The Hall–Kier alpha value is -2.89. The van der Waals surface area contributed by atoms with Crippen LogP contribution in [0.4, 0.5) is 10.5 Å². The molecule has 1 aliphatic heterocycles. The van der Waals surface area contributed by atoms with Gasteiger partial charge in [0, 0.05) is 42.1 Å². The van der Waals surface area contributed by atoms with Crippen molar-refractivity contribution in [2.45, 2.75) is 39.5 Å². The summed E-state index contributed by atoms with van der Waals surface area (Å²) < 4.78 is 0. The zero-order valence-electron chi connectivity index (χ0n) is 17.5. The minimum Gasteiger partial charge on any atom is -0.465 e. The van der Waals surface area contributed by atoms with E-state index in [1.54, 1.807) is 24.5 Å². The number of aromatic nitrogens is 1. The van der Waals surface area contributed by atoms with Crippen LogP contribution in [0.15, 0.2) is 42.7 Å². The van der Waals surface area contributed by atoms with E-state index in [2.05, 4.69) is 44.1 Å². The van der Waals surface area contributed by atoms with Gasteiger partial charge in [-0.05, 0) is 53.6 Å². The Labute approximate surface area is 172 Å². The lowest BCUT2D eigenvalue weighted by molar-refractivity contribution is 0.102. The van der Waals surface area contributed by atoms with Crippen molar-refractivity contribution in [3.05, 3.63) is 59.4 Å². The van der Waals surface area contributed by atoms with E-state index in [1.807, 2.05) is 12.1 Å². The van der Waals surface area contributed by atoms with Crippen LogP contribution in [0.5, 0.6) is 0 Å². The van der Waals surface area contributed by atoms with Gasteiger partial charge >= 0.3 is 6.09 Å². The van der Waals surface area contributed by atoms with E-state index in [1.165, 1.54) is 10.5 Å². The summed E-state index contributed by atoms with van der Waals surface area (Å²) in [7, 11) is 0. The van der Waals surface area contributed by atoms with Crippen molar-refractivity contribution in [3.63, 3.8) is 0 Å². The second kappa shape index (κ2) is 8.23. The Balaban J connectivity index is 2.00. The predicted octanol–water partition coefficient (Wildman–Crippen LogP) is 4.42. The first-order valence-electron chi connectivity index (χ1n) is 10.1. The maximum atomic E-state index is 12.5. The second-order valence-corrected chi connectivity index (χ2v) is 8.37. The number of hydrogen-bond acceptors (Lipinski definition) is 3. The lowest BCUT2D eigenvalue weighted by Gasteiger charge is -2.44. The summed E-state index contributed by atoms with van der Waals surface area (Å²) in [6, 6.07) is 9.34. The van der Waals surface area contributed by atoms with Crippen LogP contribution in [0, 0.1) is 11.8 Å². The monoisotopic (exact) mass is 395 g/mol. The average Bonchev–Trinajstić information content (AvgIpc) is 2.86. The highest BCUT2D eigenvalue weighted by Gasteiger charge is 2.44. The quantitative estimate of drug-likeness (QED) is 0.803. The number of rotatable bonds is 4. The number of fused-ring (bicyclic) bond motifs is 1. The smallest absolute Gasteiger partial charge is 0.407 e. The molecule has 0 spiro atoms. The number of pyridine rings is 1. The van der Waals surface area contributed by atoms with Crippen LogP contribution in [-0.4, -0.2) is 40.1 Å². The Morgan fingerprint density at radius 3 is 2.34 bits per heavy atom. The van der Waals surface area contributed by atoms with Gasteiger partial charge in [-0.15, -0.1) is 0 Å². The normalized spacial score (nSPS) is 15.7. The molecule has 0 bridgehead atoms. The predicted molar refractivity (Wildman–Crippen MR) is 113 cm³/mol. The van der Waals surface area contributed by atoms with E-state index >= 15 is 0 Å². The number of nitrogens with zero attached hydrogens (tertiary/aromatic N) is 2. The minimum atomic E-state index is -0.880. The Kier molecular flexibility index (Phi) is 5.91. The Morgan fingerprint density at radius 2 is 1.76 bits per heavy atom. The van der Waals surface area contributed by atoms with Crippen LogP contribution in [0.3, 0.4) is 0 Å². The van der Waals surface area contributed by atoms with Gasteiger partial charge in [0.2, 0.25) is 0 Å². The molecule has 1 aromatic carbocycles. The van der Waals surface area contributed by atoms with Crippen LogP contribution in [0.1, 0.15) is 49.2 Å². The summed E-state index contributed by atoms with van der Waals surface area (Å²) in [5, 5.41) is 12.7. The molecule has 0 atom stereocenters. The fraction of sp³-hybridized carbons (Fsp3) is 0.435. The summed E-state index contributed by atoms with van der Waals surface area (Å²) in [5.41, 5.74) is 3.27. The molecule has 2 N–H and O–H groups in total. The number of amides is 2. The van der Waals surface area contributed by atoms with Gasteiger partial charge in [-0.2, -0.15) is 0 Å². The topological polar surface area (TPSA) is 82.5 Å². The van der Waals surface area contributed by atoms with Gasteiger partial charge in [-0.25, -0.2) is 4.79 Å². The van der Waals surface area contributed by atoms with Crippen molar-refractivity contribution in [1.82, 2.24) is 9.88 Å². The maximum absolute atomic E-state index is 12.5. The fourth-order valence-electron chi connectivity index (χ4n) is 4.59. The lowest BCUT2D eigenvalue weighted by Crippen LogP contribution is -2.48. The summed E-state index contributed by atoms with van der Waals surface area (Å²) in [4.78, 5) is 29.8. The van der Waals surface area contributed by atoms with Crippen molar-refractivity contribution in [2.75, 3.05) is 18.4 Å². The van der Waals surface area contributed by atoms with Crippen LogP contribution in [0.2, 0.25) is 0 Å². The Morgan fingerprint density at radius 1 is 1.10 bits per heavy atom. The van der Waals surface area contributed by atoms with Gasteiger partial charge in [0.05, 0.1) is 0 Å². The highest BCUT2D eigenvalue weighted by Crippen LogP contribution is 2.44. The second-order valence-electron chi connectivity index (χ2n) is 8.37. The van der Waals surface area contributed by atoms with Crippen molar-refractivity contribution >= 4 is 17.7 Å². The molecular formula is C23H29N3O3. The molecule has 1 aromatic heterocycles. The number of hydrogen-bond donors (Lipinski definition) is 2. The number of carbonyl (C=O) groups excluding carboxylic acids is 1. The van der Waals surface area contributed by atoms with E-state index in [-0.39, 0.29) is 23.2 Å². The van der Waals surface area contributed by atoms with E-state index < -0.39 is 6.09 Å². The molecular weight excluding hydrogens is 366 g/mol. The molecule has 0 aliphatic carbocycles. The molecule has 1 aliphatic rings. The first kappa shape index (κ1) is 20.8. The molecule has 0 fully saturated rings. The van der Waals surface area contributed by atoms with Crippen molar-refractivity contribution < 1.29 is 14.7 Å². The summed E-state index contributed by atoms with van der Waals surface area (Å²) in [5.74, 6) is 0.337. The van der Waals surface area contributed by atoms with Crippen molar-refractivity contribution in [3.8, 4) is 0 Å². The standard InChI is InChI=1S/C23H29N3O3/c1-15(2)23(16(3)4)14-26(22(28)29)12-9-18-13-19(5-6-20(18)23)25-21(27)17-7-10-24-11-8-17/h5-8,10-11,13,15-16H,9,12,14H2,1-4H3,(H,25,27)(H,28,29). The third kappa shape index (κ3) is 3.97. The summed E-state index contributed by atoms with van der Waals surface area (Å²) >= 11 is 0. The van der Waals surface area contributed by atoms with E-state index in [0.29, 0.717) is 25.1 Å². The molecule has 6 nitrogen and oxygen atoms in total. The van der Waals surface area contributed by atoms with Crippen molar-refractivity contribution in [2.24, 2.45) is 11.8 Å². The average molecular weight is 396 g/mol. The fourth-order valence-corrected chi connectivity index (χ4v) is 4.59. The maximum Gasteiger partial charge on any atom is 0.407 e. The van der Waals surface area contributed by atoms with Gasteiger partial charge in [0.15, 0.2) is 0 Å². The molecule has 0 saturated carbocycles. The minimum absolute atomic E-state index is 0.188. The summed E-state index contributed by atoms with van der Waals surface area (Å²) in [6.45, 7) is 9.57. The zero-order valence-corrected chi connectivity index (χ0v) is 17.5. The van der Waals surface area contributed by atoms with Crippen molar-refractivity contribution in [1.29, 1.82) is 0 Å². The van der Waals surface area contributed by atoms with E-state index in [4.69, 9.17) is 0 Å². The third-order valence-electron chi connectivity index (χ3n) is 6.24. The first-order chi connectivity index (χ1) is 13.8. The van der Waals surface area contributed by atoms with Gasteiger partial charge in [0.1, 0.15) is 0 Å². The van der Waals surface area contributed by atoms with Gasteiger partial charge in [-0.3, -0.25) is 9.78 Å². The largest absolute Gasteiger partial charge is 0.465 e. The molecule has 3 rings (SSSR count). The molecule has 154 valence electrons. The SMILES string of the molecule is CC(C)C1(C(C)C)CN(C(=O)O)CCc2cc(NC(=O)c3ccncc3)ccc21. The number of carbonyl (C=O) groups is 2. The molecule has 2 aromatic rings. The van der Waals surface area contributed by atoms with Crippen LogP contribution in [0.25, 0.3) is 0 Å². The van der Waals surface area contributed by atoms with Gasteiger partial charge in [0.25, 0.3) is 5.91 Å².